The van der Waals surface area contributed by atoms with E-state index in [-0.39, 0.29) is 36.7 Å². The number of nitrogens with one attached hydrogen (secondary N) is 1. The molecule has 3 aliphatic rings. The number of carbonyl (C=O) groups is 4. The van der Waals surface area contributed by atoms with Gasteiger partial charge in [0.1, 0.15) is 0 Å². The lowest BCUT2D eigenvalue weighted by Gasteiger charge is -2.48. The normalized spacial score (nSPS) is 23.7. The lowest BCUT2D eigenvalue weighted by Crippen LogP contribution is -2.69. The van der Waals surface area contributed by atoms with Gasteiger partial charge in [0.05, 0.1) is 11.3 Å². The summed E-state index contributed by atoms with van der Waals surface area (Å²) < 4.78 is 5.41. The summed E-state index contributed by atoms with van der Waals surface area (Å²) in [4.78, 5) is 54.7. The predicted molar refractivity (Wildman–Crippen MR) is 109 cm³/mol. The second-order valence-corrected chi connectivity index (χ2v) is 8.30. The van der Waals surface area contributed by atoms with Crippen LogP contribution in [0.15, 0.2) is 24.3 Å². The van der Waals surface area contributed by atoms with Crippen molar-refractivity contribution in [2.24, 2.45) is 0 Å². The molecule has 0 unspecified atom stereocenters. The third kappa shape index (κ3) is 3.24. The van der Waals surface area contributed by atoms with E-state index in [0.29, 0.717) is 11.3 Å². The van der Waals surface area contributed by atoms with Gasteiger partial charge in [0.2, 0.25) is 11.6 Å². The highest BCUT2D eigenvalue weighted by molar-refractivity contribution is 6.15. The molecule has 1 aromatic carbocycles. The molecule has 8 heteroatoms. The Hall–Kier alpha value is -2.90. The number of para-hydroxylation sites is 1. The van der Waals surface area contributed by atoms with Crippen molar-refractivity contribution in [3.8, 4) is 0 Å². The van der Waals surface area contributed by atoms with Crippen molar-refractivity contribution in [1.82, 2.24) is 10.2 Å². The van der Waals surface area contributed by atoms with E-state index in [1.165, 1.54) is 9.80 Å². The number of fused-ring (bicyclic) bond motifs is 3. The second-order valence-electron chi connectivity index (χ2n) is 8.30. The summed E-state index contributed by atoms with van der Waals surface area (Å²) >= 11 is 0. The molecule has 0 spiro atoms. The molecular weight excluding hydrogens is 386 g/mol. The molecular formula is C22H27N3O5. The number of hydrogen-bond donors (Lipinski definition) is 1. The van der Waals surface area contributed by atoms with Crippen LogP contribution in [-0.4, -0.2) is 52.9 Å². The van der Waals surface area contributed by atoms with E-state index in [2.05, 4.69) is 5.32 Å². The highest BCUT2D eigenvalue weighted by atomic mass is 16.5. The largest absolute Gasteiger partial charge is 0.452 e. The Kier molecular flexibility index (Phi) is 5.26. The summed E-state index contributed by atoms with van der Waals surface area (Å²) in [6, 6.07) is 6.72. The van der Waals surface area contributed by atoms with Crippen LogP contribution in [0, 0.1) is 0 Å². The number of ether oxygens (including phenoxy) is 1. The van der Waals surface area contributed by atoms with Crippen molar-refractivity contribution in [3.05, 3.63) is 29.8 Å². The van der Waals surface area contributed by atoms with Crippen molar-refractivity contribution in [3.63, 3.8) is 0 Å². The average Bonchev–Trinajstić information content (AvgIpc) is 3.49. The first kappa shape index (κ1) is 20.4. The molecule has 3 amide bonds. The van der Waals surface area contributed by atoms with E-state index in [1.807, 2.05) is 13.8 Å². The number of nitrogens with zero attached hydrogens (tertiary/aromatic N) is 2. The number of amides is 3. The van der Waals surface area contributed by atoms with Crippen LogP contribution in [0.1, 0.15) is 62.7 Å². The van der Waals surface area contributed by atoms with Crippen LogP contribution in [0.25, 0.3) is 0 Å². The maximum absolute atomic E-state index is 13.4. The van der Waals surface area contributed by atoms with E-state index in [0.717, 1.165) is 25.7 Å². The lowest BCUT2D eigenvalue weighted by molar-refractivity contribution is -0.160. The Bertz CT molecular complexity index is 897. The molecule has 0 bridgehead atoms. The van der Waals surface area contributed by atoms with Gasteiger partial charge >= 0.3 is 5.97 Å². The molecule has 0 aromatic heterocycles. The average molecular weight is 413 g/mol. The van der Waals surface area contributed by atoms with Gasteiger partial charge in [-0.2, -0.15) is 0 Å². The van der Waals surface area contributed by atoms with Crippen LogP contribution in [0.5, 0.6) is 0 Å². The van der Waals surface area contributed by atoms with Gasteiger partial charge in [-0.15, -0.1) is 0 Å². The first-order chi connectivity index (χ1) is 14.4. The lowest BCUT2D eigenvalue weighted by atomic mass is 9.96. The summed E-state index contributed by atoms with van der Waals surface area (Å²) in [5, 5.41) is 2.80. The maximum atomic E-state index is 13.4. The fraction of sp³-hybridized carbons (Fsp3) is 0.545. The highest BCUT2D eigenvalue weighted by Crippen LogP contribution is 2.49. The topological polar surface area (TPSA) is 96.0 Å². The predicted octanol–water partition coefficient (Wildman–Crippen LogP) is 1.98. The Morgan fingerprint density at radius 2 is 2.00 bits per heavy atom. The summed E-state index contributed by atoms with van der Waals surface area (Å²) in [7, 11) is 0. The summed E-state index contributed by atoms with van der Waals surface area (Å²) in [5.41, 5.74) is -0.673. The van der Waals surface area contributed by atoms with Crippen molar-refractivity contribution in [1.29, 1.82) is 0 Å². The van der Waals surface area contributed by atoms with Gasteiger partial charge in [-0.1, -0.05) is 25.5 Å². The van der Waals surface area contributed by atoms with Crippen LogP contribution >= 0.6 is 0 Å². The molecule has 0 radical (unpaired) electrons. The smallest absolute Gasteiger partial charge is 0.354 e. The molecule has 2 heterocycles. The molecule has 30 heavy (non-hydrogen) atoms. The molecule has 1 aliphatic carbocycles. The quantitative estimate of drug-likeness (QED) is 0.690. The Balaban J connectivity index is 1.62. The second kappa shape index (κ2) is 7.74. The number of esters is 1. The molecule has 160 valence electrons. The fourth-order valence-electron chi connectivity index (χ4n) is 4.58. The molecule has 1 saturated heterocycles. The first-order valence-electron chi connectivity index (χ1n) is 10.6. The zero-order valence-corrected chi connectivity index (χ0v) is 17.3. The van der Waals surface area contributed by atoms with Crippen molar-refractivity contribution in [2.45, 2.75) is 70.1 Å². The van der Waals surface area contributed by atoms with Crippen molar-refractivity contribution < 1.29 is 23.9 Å². The molecule has 2 fully saturated rings. The van der Waals surface area contributed by atoms with Gasteiger partial charge in [0.25, 0.3) is 11.8 Å². The van der Waals surface area contributed by atoms with Gasteiger partial charge in [-0.05, 0) is 38.3 Å². The van der Waals surface area contributed by atoms with Crippen LogP contribution < -0.4 is 10.2 Å². The summed E-state index contributed by atoms with van der Waals surface area (Å²) in [5.74, 6) is -1.60. The number of hydrogen-bond acceptors (Lipinski definition) is 5. The molecule has 4 rings (SSSR count). The van der Waals surface area contributed by atoms with Gasteiger partial charge in [0, 0.05) is 24.9 Å². The van der Waals surface area contributed by atoms with E-state index < -0.39 is 24.1 Å². The van der Waals surface area contributed by atoms with Crippen LogP contribution in [-0.2, 0) is 19.1 Å². The zero-order valence-electron chi connectivity index (χ0n) is 17.3. The van der Waals surface area contributed by atoms with E-state index in [1.54, 1.807) is 24.3 Å². The molecule has 1 aromatic rings. The Labute approximate surface area is 175 Å². The number of benzene rings is 1. The van der Waals surface area contributed by atoms with Crippen LogP contribution in [0.4, 0.5) is 5.69 Å². The van der Waals surface area contributed by atoms with Crippen molar-refractivity contribution >= 4 is 29.4 Å². The molecule has 2 aliphatic heterocycles. The van der Waals surface area contributed by atoms with Gasteiger partial charge in [-0.3, -0.25) is 19.3 Å². The van der Waals surface area contributed by atoms with Crippen LogP contribution in [0.2, 0.25) is 0 Å². The number of anilines is 1. The minimum atomic E-state index is -1.51. The minimum absolute atomic E-state index is 0.0185. The van der Waals surface area contributed by atoms with Gasteiger partial charge in [-0.25, -0.2) is 4.79 Å². The summed E-state index contributed by atoms with van der Waals surface area (Å²) in [6.07, 6.45) is 3.61. The highest BCUT2D eigenvalue weighted by Gasteiger charge is 2.64. The van der Waals surface area contributed by atoms with E-state index in [4.69, 9.17) is 4.74 Å². The fourth-order valence-corrected chi connectivity index (χ4v) is 4.58. The minimum Gasteiger partial charge on any atom is -0.452 e. The molecule has 2 atom stereocenters. The SMILES string of the molecule is CCC[C@@H](C)NC(=O)COC(=O)[C@]12CCC(=O)N1c1ccccc1C(=O)N2C1CC1. The van der Waals surface area contributed by atoms with E-state index in [9.17, 15) is 19.2 Å². The maximum Gasteiger partial charge on any atom is 0.354 e. The standard InChI is InChI=1S/C22H27N3O5/c1-3-6-14(2)23-18(26)13-30-21(29)22-12-11-19(27)25(22)17-8-5-4-7-16(17)20(28)24(22)15-9-10-15/h4-5,7-8,14-15H,3,6,9-13H2,1-2H3,(H,23,26)/t14-,22+/m1/s1. The zero-order chi connectivity index (χ0) is 21.5. The van der Waals surface area contributed by atoms with Gasteiger partial charge in [0.15, 0.2) is 6.61 Å². The Morgan fingerprint density at radius 3 is 2.70 bits per heavy atom. The molecule has 1 saturated carbocycles. The van der Waals surface area contributed by atoms with E-state index >= 15 is 0 Å². The molecule has 1 N–H and O–H groups in total. The van der Waals surface area contributed by atoms with Crippen molar-refractivity contribution in [2.75, 3.05) is 11.5 Å². The summed E-state index contributed by atoms with van der Waals surface area (Å²) in [6.45, 7) is 3.48. The monoisotopic (exact) mass is 413 g/mol. The molecule has 8 nitrogen and oxygen atoms in total. The van der Waals surface area contributed by atoms with Crippen LogP contribution in [0.3, 0.4) is 0 Å². The van der Waals surface area contributed by atoms with Gasteiger partial charge < -0.3 is 15.0 Å². The third-order valence-electron chi connectivity index (χ3n) is 6.00. The number of carbonyl (C=O) groups excluding carboxylic acids is 4. The Morgan fingerprint density at radius 1 is 1.27 bits per heavy atom. The first-order valence-corrected chi connectivity index (χ1v) is 10.6. The third-order valence-corrected chi connectivity index (χ3v) is 6.00. The number of rotatable bonds is 7.